The first-order valence-electron chi connectivity index (χ1n) is 8.86. The van der Waals surface area contributed by atoms with Gasteiger partial charge in [0.2, 0.25) is 0 Å². The van der Waals surface area contributed by atoms with Crippen molar-refractivity contribution < 1.29 is 0 Å². The summed E-state index contributed by atoms with van der Waals surface area (Å²) in [4.78, 5) is 2.72. The summed E-state index contributed by atoms with van der Waals surface area (Å²) in [5, 5.41) is 4.01. The van der Waals surface area contributed by atoms with Gasteiger partial charge < -0.3 is 10.2 Å². The van der Waals surface area contributed by atoms with Crippen LogP contribution in [-0.4, -0.2) is 30.1 Å². The van der Waals surface area contributed by atoms with Crippen LogP contribution in [0.4, 0.5) is 0 Å². The van der Waals surface area contributed by atoms with Crippen LogP contribution in [0.5, 0.6) is 0 Å². The van der Waals surface area contributed by atoms with Crippen molar-refractivity contribution in [3.8, 4) is 0 Å². The molecule has 1 atom stereocenters. The van der Waals surface area contributed by atoms with Gasteiger partial charge in [0.05, 0.1) is 0 Å². The monoisotopic (exact) mass is 284 g/mol. The van der Waals surface area contributed by atoms with Gasteiger partial charge in [-0.3, -0.25) is 0 Å². The summed E-state index contributed by atoms with van der Waals surface area (Å²) in [6, 6.07) is 11.5. The van der Waals surface area contributed by atoms with E-state index >= 15 is 0 Å². The van der Waals surface area contributed by atoms with Crippen molar-refractivity contribution in [1.82, 2.24) is 10.2 Å². The Morgan fingerprint density at radius 3 is 2.19 bits per heavy atom. The molecule has 0 aromatic heterocycles. The van der Waals surface area contributed by atoms with Gasteiger partial charge in [0, 0.05) is 18.1 Å². The van der Waals surface area contributed by atoms with E-state index in [-0.39, 0.29) is 0 Å². The van der Waals surface area contributed by atoms with Crippen LogP contribution in [0.3, 0.4) is 0 Å². The molecule has 0 spiro atoms. The molecule has 3 fully saturated rings. The Morgan fingerprint density at radius 1 is 0.952 bits per heavy atom. The number of hydrogen-bond acceptors (Lipinski definition) is 2. The van der Waals surface area contributed by atoms with Crippen LogP contribution in [0.25, 0.3) is 0 Å². The number of piperidine rings is 1. The van der Waals surface area contributed by atoms with Crippen molar-refractivity contribution in [2.45, 2.75) is 63.6 Å². The Labute approximate surface area is 128 Å². The molecule has 21 heavy (non-hydrogen) atoms. The Hall–Kier alpha value is -0.860. The number of likely N-dealkylation sites (tertiary alicyclic amines) is 1. The Morgan fingerprint density at radius 2 is 1.62 bits per heavy atom. The van der Waals surface area contributed by atoms with Gasteiger partial charge in [-0.25, -0.2) is 0 Å². The first kappa shape index (κ1) is 13.8. The van der Waals surface area contributed by atoms with Gasteiger partial charge in [0.25, 0.3) is 0 Å². The van der Waals surface area contributed by atoms with E-state index in [2.05, 4.69) is 41.4 Å². The van der Waals surface area contributed by atoms with Crippen molar-refractivity contribution in [1.29, 1.82) is 0 Å². The van der Waals surface area contributed by atoms with Crippen LogP contribution in [0.2, 0.25) is 0 Å². The normalized spacial score (nSPS) is 26.0. The fourth-order valence-corrected chi connectivity index (χ4v) is 3.83. The van der Waals surface area contributed by atoms with Gasteiger partial charge in [-0.05, 0) is 70.0 Å². The van der Waals surface area contributed by atoms with Crippen molar-refractivity contribution in [3.05, 3.63) is 35.4 Å². The summed E-state index contributed by atoms with van der Waals surface area (Å²) < 4.78 is 0. The highest BCUT2D eigenvalue weighted by molar-refractivity contribution is 5.25. The molecule has 2 heteroatoms. The zero-order chi connectivity index (χ0) is 14.2. The molecule has 1 aromatic carbocycles. The molecule has 2 nitrogen and oxygen atoms in total. The lowest BCUT2D eigenvalue weighted by molar-refractivity contribution is 0.180. The average molecular weight is 284 g/mol. The van der Waals surface area contributed by atoms with E-state index < -0.39 is 0 Å². The van der Waals surface area contributed by atoms with E-state index in [9.17, 15) is 0 Å². The summed E-state index contributed by atoms with van der Waals surface area (Å²) in [5.41, 5.74) is 2.87. The topological polar surface area (TPSA) is 15.3 Å². The van der Waals surface area contributed by atoms with Gasteiger partial charge in [-0.15, -0.1) is 0 Å². The van der Waals surface area contributed by atoms with Crippen LogP contribution in [0, 0.1) is 12.8 Å². The fraction of sp³-hybridized carbons (Fsp3) is 0.684. The second-order valence-electron chi connectivity index (χ2n) is 7.43. The number of rotatable bonds is 5. The Bertz CT molecular complexity index is 465. The molecule has 0 amide bonds. The quantitative estimate of drug-likeness (QED) is 0.887. The summed E-state index contributed by atoms with van der Waals surface area (Å²) in [6.45, 7) is 4.80. The van der Waals surface area contributed by atoms with E-state index in [4.69, 9.17) is 0 Å². The number of benzene rings is 1. The maximum absolute atomic E-state index is 4.01. The Balaban J connectivity index is 1.37. The molecular weight excluding hydrogens is 256 g/mol. The third-order valence-electron chi connectivity index (χ3n) is 5.54. The van der Waals surface area contributed by atoms with E-state index in [1.807, 2.05) is 0 Å². The fourth-order valence-electron chi connectivity index (χ4n) is 3.83. The first-order valence-corrected chi connectivity index (χ1v) is 8.86. The first-order chi connectivity index (χ1) is 10.3. The van der Waals surface area contributed by atoms with Gasteiger partial charge in [0.15, 0.2) is 0 Å². The summed E-state index contributed by atoms with van der Waals surface area (Å²) in [7, 11) is 0. The van der Waals surface area contributed by atoms with E-state index in [0.29, 0.717) is 6.04 Å². The van der Waals surface area contributed by atoms with Gasteiger partial charge >= 0.3 is 0 Å². The minimum absolute atomic E-state index is 0.600. The summed E-state index contributed by atoms with van der Waals surface area (Å²) >= 11 is 0. The third-order valence-corrected chi connectivity index (χ3v) is 5.54. The number of hydrogen-bond donors (Lipinski definition) is 1. The molecule has 2 saturated carbocycles. The molecule has 1 aromatic rings. The predicted octanol–water partition coefficient (Wildman–Crippen LogP) is 3.66. The van der Waals surface area contributed by atoms with Crippen molar-refractivity contribution >= 4 is 0 Å². The maximum atomic E-state index is 4.01. The molecule has 1 N–H and O–H groups in total. The molecule has 1 saturated heterocycles. The predicted molar refractivity (Wildman–Crippen MR) is 87.4 cm³/mol. The summed E-state index contributed by atoms with van der Waals surface area (Å²) in [5.74, 6) is 0.883. The molecule has 0 bridgehead atoms. The molecule has 1 heterocycles. The molecule has 0 radical (unpaired) electrons. The largest absolute Gasteiger partial charge is 0.307 e. The summed E-state index contributed by atoms with van der Waals surface area (Å²) in [6.07, 6.45) is 8.40. The van der Waals surface area contributed by atoms with Gasteiger partial charge in [-0.2, -0.15) is 0 Å². The second kappa shape index (κ2) is 5.73. The lowest BCUT2D eigenvalue weighted by Crippen LogP contribution is -2.44. The molecule has 4 rings (SSSR count). The lowest BCUT2D eigenvalue weighted by atomic mass is 9.97. The minimum atomic E-state index is 0.600. The zero-order valence-corrected chi connectivity index (χ0v) is 13.2. The highest BCUT2D eigenvalue weighted by Crippen LogP contribution is 2.42. The van der Waals surface area contributed by atoms with E-state index in [0.717, 1.165) is 18.0 Å². The van der Waals surface area contributed by atoms with E-state index in [1.165, 1.54) is 62.7 Å². The van der Waals surface area contributed by atoms with Crippen molar-refractivity contribution in [2.24, 2.45) is 5.92 Å². The standard InChI is InChI=1S/C19H28N2/c1-14-2-4-15(5-3-14)19(16-6-7-16)20-17-10-12-21(13-11-17)18-8-9-18/h2-5,16-20H,6-13H2,1H3. The highest BCUT2D eigenvalue weighted by atomic mass is 15.2. The van der Waals surface area contributed by atoms with Crippen molar-refractivity contribution in [2.75, 3.05) is 13.1 Å². The van der Waals surface area contributed by atoms with Gasteiger partial charge in [0.1, 0.15) is 0 Å². The van der Waals surface area contributed by atoms with Crippen LogP contribution in [0.1, 0.15) is 55.7 Å². The number of nitrogens with zero attached hydrogens (tertiary/aromatic N) is 1. The zero-order valence-electron chi connectivity index (χ0n) is 13.2. The third kappa shape index (κ3) is 3.32. The number of aryl methyl sites for hydroxylation is 1. The maximum Gasteiger partial charge on any atom is 0.0351 e. The second-order valence-corrected chi connectivity index (χ2v) is 7.43. The average Bonchev–Trinajstić information content (AvgIpc) is 3.40. The highest BCUT2D eigenvalue weighted by Gasteiger charge is 2.36. The minimum Gasteiger partial charge on any atom is -0.307 e. The number of nitrogens with one attached hydrogen (secondary N) is 1. The van der Waals surface area contributed by atoms with Crippen LogP contribution in [0.15, 0.2) is 24.3 Å². The van der Waals surface area contributed by atoms with Crippen LogP contribution >= 0.6 is 0 Å². The molecule has 1 aliphatic heterocycles. The smallest absolute Gasteiger partial charge is 0.0351 e. The molecule has 114 valence electrons. The Kier molecular flexibility index (Phi) is 3.76. The van der Waals surface area contributed by atoms with Crippen LogP contribution < -0.4 is 5.32 Å². The molecule has 1 unspecified atom stereocenters. The van der Waals surface area contributed by atoms with Gasteiger partial charge in [-0.1, -0.05) is 29.8 Å². The molecule has 3 aliphatic rings. The van der Waals surface area contributed by atoms with Crippen LogP contribution in [-0.2, 0) is 0 Å². The van der Waals surface area contributed by atoms with Crippen molar-refractivity contribution in [3.63, 3.8) is 0 Å². The molecule has 2 aliphatic carbocycles. The SMILES string of the molecule is Cc1ccc(C(NC2CCN(C3CC3)CC2)C2CC2)cc1. The van der Waals surface area contributed by atoms with E-state index in [1.54, 1.807) is 0 Å². The molecular formula is C19H28N2. The lowest BCUT2D eigenvalue weighted by Gasteiger charge is -2.35.